The summed E-state index contributed by atoms with van der Waals surface area (Å²) in [5.74, 6) is 1.12. The van der Waals surface area contributed by atoms with Crippen molar-refractivity contribution in [3.8, 4) is 11.4 Å². The van der Waals surface area contributed by atoms with E-state index < -0.39 is 0 Å². The third-order valence-electron chi connectivity index (χ3n) is 4.12. The summed E-state index contributed by atoms with van der Waals surface area (Å²) in [6.45, 7) is 2.13. The highest BCUT2D eigenvalue weighted by Crippen LogP contribution is 2.35. The Morgan fingerprint density at radius 1 is 1.33 bits per heavy atom. The number of hydrogen-bond acceptors (Lipinski definition) is 4. The fourth-order valence-electron chi connectivity index (χ4n) is 2.72. The molecular formula is C17H16FIN4S. The second kappa shape index (κ2) is 6.51. The lowest BCUT2D eigenvalue weighted by Crippen LogP contribution is -2.05. The Labute approximate surface area is 156 Å². The van der Waals surface area contributed by atoms with Crippen LogP contribution in [-0.4, -0.2) is 20.0 Å². The first kappa shape index (κ1) is 16.1. The molecule has 1 fully saturated rings. The van der Waals surface area contributed by atoms with Gasteiger partial charge in [0.25, 0.3) is 0 Å². The zero-order valence-corrected chi connectivity index (χ0v) is 16.1. The minimum absolute atomic E-state index is 0.277. The van der Waals surface area contributed by atoms with Crippen molar-refractivity contribution in [2.24, 2.45) is 0 Å². The quantitative estimate of drug-likeness (QED) is 0.537. The van der Waals surface area contributed by atoms with Gasteiger partial charge in [0.1, 0.15) is 11.6 Å². The number of anilines is 1. The number of halogens is 2. The maximum Gasteiger partial charge on any atom is 0.164 e. The highest BCUT2D eigenvalue weighted by molar-refractivity contribution is 14.2. The smallest absolute Gasteiger partial charge is 0.164 e. The first-order valence-electron chi connectivity index (χ1n) is 7.93. The molecule has 24 heavy (non-hydrogen) atoms. The van der Waals surface area contributed by atoms with E-state index in [0.29, 0.717) is 17.4 Å². The molecule has 0 saturated heterocycles. The molecular weight excluding hydrogens is 438 g/mol. The third kappa shape index (κ3) is 2.99. The first-order valence-corrected chi connectivity index (χ1v) is 11.2. The summed E-state index contributed by atoms with van der Waals surface area (Å²) in [6, 6.07) is 9.09. The lowest BCUT2D eigenvalue weighted by Gasteiger charge is -2.09. The standard InChI is InChI=1S/C17H16FIN4S/c1-2-13-9-14-16(20-12-6-7-12)21-15(22-17(14)23(13)24-19)10-4-3-5-11(18)8-10/h3-5,8-9,12H,2,6-7H2,1H3,(H,20,21,22). The Hall–Kier alpha value is -1.35. The van der Waals surface area contributed by atoms with Crippen LogP contribution >= 0.6 is 30.3 Å². The van der Waals surface area contributed by atoms with E-state index in [9.17, 15) is 4.39 Å². The lowest BCUT2D eigenvalue weighted by molar-refractivity contribution is 0.628. The summed E-state index contributed by atoms with van der Waals surface area (Å²) in [4.78, 5) is 9.44. The molecule has 0 spiro atoms. The Bertz CT molecular complexity index is 907. The number of nitrogens with zero attached hydrogens (tertiary/aromatic N) is 3. The van der Waals surface area contributed by atoms with Crippen molar-refractivity contribution in [3.63, 3.8) is 0 Å². The van der Waals surface area contributed by atoms with Gasteiger partial charge in [0.05, 0.1) is 5.39 Å². The molecule has 0 atom stereocenters. The Balaban J connectivity index is 1.94. The Kier molecular flexibility index (Phi) is 4.38. The number of rotatable bonds is 5. The molecule has 0 radical (unpaired) electrons. The highest BCUT2D eigenvalue weighted by Gasteiger charge is 2.24. The molecule has 1 aliphatic rings. The number of nitrogens with one attached hydrogen (secondary N) is 1. The number of fused-ring (bicyclic) bond motifs is 1. The first-order chi connectivity index (χ1) is 11.7. The summed E-state index contributed by atoms with van der Waals surface area (Å²) in [6.07, 6.45) is 3.26. The van der Waals surface area contributed by atoms with E-state index in [4.69, 9.17) is 9.97 Å². The van der Waals surface area contributed by atoms with Gasteiger partial charge in [-0.2, -0.15) is 0 Å². The van der Waals surface area contributed by atoms with Crippen LogP contribution in [-0.2, 0) is 6.42 Å². The number of benzene rings is 1. The van der Waals surface area contributed by atoms with Crippen LogP contribution in [0.4, 0.5) is 10.2 Å². The molecule has 1 aromatic carbocycles. The second-order valence-corrected chi connectivity index (χ2v) is 7.60. The van der Waals surface area contributed by atoms with Crippen LogP contribution in [0.1, 0.15) is 25.5 Å². The van der Waals surface area contributed by atoms with Gasteiger partial charge in [-0.1, -0.05) is 19.1 Å². The monoisotopic (exact) mass is 454 g/mol. The zero-order chi connectivity index (χ0) is 16.7. The van der Waals surface area contributed by atoms with Gasteiger partial charge in [0.2, 0.25) is 0 Å². The molecule has 0 unspecified atom stereocenters. The van der Waals surface area contributed by atoms with Gasteiger partial charge in [-0.3, -0.25) is 3.97 Å². The Morgan fingerprint density at radius 2 is 2.17 bits per heavy atom. The van der Waals surface area contributed by atoms with Crippen LogP contribution in [0.5, 0.6) is 0 Å². The van der Waals surface area contributed by atoms with Crippen molar-refractivity contribution < 1.29 is 4.39 Å². The second-order valence-electron chi connectivity index (χ2n) is 5.91. The fraction of sp³-hybridized carbons (Fsp3) is 0.294. The molecule has 3 aromatic rings. The Morgan fingerprint density at radius 3 is 2.83 bits per heavy atom. The number of hydrogen-bond donors (Lipinski definition) is 1. The van der Waals surface area contributed by atoms with Gasteiger partial charge in [0, 0.05) is 47.6 Å². The molecule has 2 heterocycles. The van der Waals surface area contributed by atoms with E-state index in [1.807, 2.05) is 6.07 Å². The molecule has 1 N–H and O–H groups in total. The minimum Gasteiger partial charge on any atom is -0.367 e. The molecule has 2 aromatic heterocycles. The van der Waals surface area contributed by atoms with Crippen LogP contribution in [0.2, 0.25) is 0 Å². The van der Waals surface area contributed by atoms with Gasteiger partial charge in [0.15, 0.2) is 11.5 Å². The largest absolute Gasteiger partial charge is 0.367 e. The van der Waals surface area contributed by atoms with Crippen molar-refractivity contribution in [2.75, 3.05) is 5.32 Å². The van der Waals surface area contributed by atoms with Crippen molar-refractivity contribution in [2.45, 2.75) is 32.2 Å². The van der Waals surface area contributed by atoms with Gasteiger partial charge in [-0.05, 0) is 37.5 Å². The average molecular weight is 454 g/mol. The SMILES string of the molecule is CCc1cc2c(NC3CC3)nc(-c3cccc(F)c3)nc2n1SI. The number of aromatic nitrogens is 3. The van der Waals surface area contributed by atoms with Gasteiger partial charge in [-0.15, -0.1) is 0 Å². The van der Waals surface area contributed by atoms with Gasteiger partial charge in [-0.25, -0.2) is 14.4 Å². The van der Waals surface area contributed by atoms with Crippen LogP contribution in [0, 0.1) is 5.82 Å². The summed E-state index contributed by atoms with van der Waals surface area (Å²) >= 11 is 2.27. The van der Waals surface area contributed by atoms with Crippen molar-refractivity contribution in [3.05, 3.63) is 41.8 Å². The van der Waals surface area contributed by atoms with Crippen LogP contribution in [0.25, 0.3) is 22.4 Å². The van der Waals surface area contributed by atoms with Crippen LogP contribution in [0.15, 0.2) is 30.3 Å². The van der Waals surface area contributed by atoms with E-state index in [0.717, 1.165) is 23.3 Å². The average Bonchev–Trinajstić information content (AvgIpc) is 3.32. The van der Waals surface area contributed by atoms with E-state index in [-0.39, 0.29) is 5.82 Å². The minimum atomic E-state index is -0.277. The zero-order valence-electron chi connectivity index (χ0n) is 13.1. The molecule has 4 nitrogen and oxygen atoms in total. The van der Waals surface area contributed by atoms with Gasteiger partial charge >= 0.3 is 0 Å². The molecule has 1 saturated carbocycles. The van der Waals surface area contributed by atoms with E-state index in [1.165, 1.54) is 30.7 Å². The summed E-state index contributed by atoms with van der Waals surface area (Å²) in [5, 5.41) is 4.53. The maximum atomic E-state index is 13.6. The van der Waals surface area contributed by atoms with E-state index >= 15 is 0 Å². The fourth-order valence-corrected chi connectivity index (χ4v) is 4.51. The highest BCUT2D eigenvalue weighted by atomic mass is 127. The van der Waals surface area contributed by atoms with Crippen LogP contribution in [0.3, 0.4) is 0 Å². The maximum absolute atomic E-state index is 13.6. The molecule has 1 aliphatic carbocycles. The molecule has 0 aliphatic heterocycles. The molecule has 7 heteroatoms. The van der Waals surface area contributed by atoms with Crippen molar-refractivity contribution in [1.82, 2.24) is 13.9 Å². The molecule has 0 amide bonds. The summed E-state index contributed by atoms with van der Waals surface area (Å²) in [5.41, 5.74) is 2.78. The molecule has 0 bridgehead atoms. The predicted octanol–water partition coefficient (Wildman–Crippen LogP) is 5.22. The van der Waals surface area contributed by atoms with Crippen molar-refractivity contribution >= 4 is 47.2 Å². The normalized spacial score (nSPS) is 14.3. The summed E-state index contributed by atoms with van der Waals surface area (Å²) in [7, 11) is 1.60. The summed E-state index contributed by atoms with van der Waals surface area (Å²) < 4.78 is 15.7. The van der Waals surface area contributed by atoms with E-state index in [2.05, 4.69) is 43.5 Å². The third-order valence-corrected chi connectivity index (χ3v) is 5.85. The predicted molar refractivity (Wildman–Crippen MR) is 106 cm³/mol. The van der Waals surface area contributed by atoms with Gasteiger partial charge < -0.3 is 5.32 Å². The number of aryl methyl sites for hydroxylation is 1. The lowest BCUT2D eigenvalue weighted by atomic mass is 10.2. The van der Waals surface area contributed by atoms with E-state index in [1.54, 1.807) is 15.2 Å². The van der Waals surface area contributed by atoms with Crippen LogP contribution < -0.4 is 5.32 Å². The molecule has 124 valence electrons. The topological polar surface area (TPSA) is 42.7 Å². The molecule has 4 rings (SSSR count). The van der Waals surface area contributed by atoms with Crippen molar-refractivity contribution in [1.29, 1.82) is 0 Å².